The average Bonchev–Trinajstić information content (AvgIpc) is 3.64. The number of imidazole rings is 2. The monoisotopic (exact) mass is 535 g/mol. The van der Waals surface area contributed by atoms with E-state index in [4.69, 9.17) is 0 Å². The molecule has 5 aromatic rings. The normalized spacial score (nSPS) is 14.0. The number of amides is 1. The number of aromatic nitrogens is 6. The van der Waals surface area contributed by atoms with Gasteiger partial charge in [0.25, 0.3) is 0 Å². The van der Waals surface area contributed by atoms with Crippen LogP contribution in [0.5, 0.6) is 0 Å². The van der Waals surface area contributed by atoms with Crippen molar-refractivity contribution in [3.8, 4) is 0 Å². The Kier molecular flexibility index (Phi) is 6.25. The van der Waals surface area contributed by atoms with Gasteiger partial charge in [-0.3, -0.25) is 4.79 Å². The molecule has 0 bridgehead atoms. The van der Waals surface area contributed by atoms with Crippen molar-refractivity contribution in [1.29, 1.82) is 0 Å². The molecule has 13 heteroatoms. The van der Waals surface area contributed by atoms with Gasteiger partial charge in [-0.05, 0) is 42.8 Å². The van der Waals surface area contributed by atoms with Crippen LogP contribution in [0.3, 0.4) is 0 Å². The Morgan fingerprint density at radius 2 is 1.82 bits per heavy atom. The minimum Gasteiger partial charge on any atom is -0.361 e. The second-order valence-electron chi connectivity index (χ2n) is 9.24. The number of halogens is 3. The Morgan fingerprint density at radius 3 is 2.56 bits per heavy atom. The van der Waals surface area contributed by atoms with Crippen LogP contribution in [0.2, 0.25) is 0 Å². The van der Waals surface area contributed by atoms with Crippen molar-refractivity contribution in [2.75, 3.05) is 23.7 Å². The van der Waals surface area contributed by atoms with Crippen LogP contribution in [-0.4, -0.2) is 53.4 Å². The summed E-state index contributed by atoms with van der Waals surface area (Å²) in [4.78, 5) is 35.4. The van der Waals surface area contributed by atoms with Gasteiger partial charge in [-0.2, -0.15) is 23.1 Å². The van der Waals surface area contributed by atoms with Crippen LogP contribution in [0.25, 0.3) is 22.2 Å². The van der Waals surface area contributed by atoms with Crippen LogP contribution in [-0.2, 0) is 24.1 Å². The molecule has 0 saturated carbocycles. The molecule has 10 nitrogen and oxygen atoms in total. The van der Waals surface area contributed by atoms with Gasteiger partial charge in [0.05, 0.1) is 29.5 Å². The van der Waals surface area contributed by atoms with Crippen LogP contribution in [0, 0.1) is 0 Å². The molecule has 4 heterocycles. The number of carbonyl (C=O) groups excluding carboxylic acids is 1. The molecule has 3 N–H and O–H groups in total. The Labute approximate surface area is 220 Å². The topological polar surface area (TPSA) is 117 Å². The highest BCUT2D eigenvalue weighted by Gasteiger charge is 2.30. The predicted molar refractivity (Wildman–Crippen MR) is 139 cm³/mol. The largest absolute Gasteiger partial charge is 0.416 e. The molecule has 1 fully saturated rings. The lowest BCUT2D eigenvalue weighted by Gasteiger charge is -2.16. The van der Waals surface area contributed by atoms with E-state index in [-0.39, 0.29) is 11.9 Å². The fraction of sp³-hybridized carbons (Fsp3) is 0.269. The molecule has 200 valence electrons. The summed E-state index contributed by atoms with van der Waals surface area (Å²) in [6, 6.07) is 12.3. The number of aromatic amines is 1. The average molecular weight is 536 g/mol. The molecular formula is C26H24F3N9O. The number of fused-ring (bicyclic) bond motifs is 2. The van der Waals surface area contributed by atoms with E-state index in [1.807, 2.05) is 33.7 Å². The van der Waals surface area contributed by atoms with Crippen molar-refractivity contribution in [1.82, 2.24) is 34.4 Å². The first kappa shape index (κ1) is 24.6. The molecule has 1 aliphatic heterocycles. The zero-order valence-corrected chi connectivity index (χ0v) is 20.7. The third kappa shape index (κ3) is 5.19. The second kappa shape index (κ2) is 9.89. The molecule has 0 radical (unpaired) electrons. The summed E-state index contributed by atoms with van der Waals surface area (Å²) >= 11 is 0. The number of benzene rings is 2. The van der Waals surface area contributed by atoms with Crippen LogP contribution in [0.15, 0.2) is 54.9 Å². The van der Waals surface area contributed by atoms with Gasteiger partial charge in [-0.25, -0.2) is 9.97 Å². The molecule has 1 amide bonds. The highest BCUT2D eigenvalue weighted by Crippen LogP contribution is 2.30. The van der Waals surface area contributed by atoms with Crippen LogP contribution >= 0.6 is 0 Å². The minimum absolute atomic E-state index is 0.131. The van der Waals surface area contributed by atoms with Crippen molar-refractivity contribution < 1.29 is 18.0 Å². The number of anilines is 3. The number of hydrogen-bond donors (Lipinski definition) is 3. The maximum absolute atomic E-state index is 13.0. The van der Waals surface area contributed by atoms with E-state index in [2.05, 4.69) is 35.6 Å². The first-order valence-corrected chi connectivity index (χ1v) is 12.5. The number of carbonyl (C=O) groups is 1. The standard InChI is InChI=1S/C26H24F3N9O/c27-26(28,29)16-7-9-17(10-8-16)32-25-35-23(30-14-20-33-18-4-1-2-5-19(18)34-20)22-24(36-25)38(15-31-22)13-12-37-11-3-6-21(37)39/h1-2,4-5,7-10,15H,3,6,11-14H2,(H,33,34)(H2,30,32,35,36). The summed E-state index contributed by atoms with van der Waals surface area (Å²) in [5.41, 5.74) is 2.46. The first-order valence-electron chi connectivity index (χ1n) is 12.5. The third-order valence-corrected chi connectivity index (χ3v) is 6.58. The smallest absolute Gasteiger partial charge is 0.361 e. The Hall–Kier alpha value is -4.68. The van der Waals surface area contributed by atoms with Crippen LogP contribution in [0.4, 0.5) is 30.6 Å². The highest BCUT2D eigenvalue weighted by atomic mass is 19.4. The summed E-state index contributed by atoms with van der Waals surface area (Å²) in [5.74, 6) is 1.46. The number of H-pyrrole nitrogens is 1. The van der Waals surface area contributed by atoms with E-state index < -0.39 is 11.7 Å². The number of alkyl halides is 3. The van der Waals surface area contributed by atoms with Crippen LogP contribution in [0.1, 0.15) is 24.2 Å². The number of nitrogens with one attached hydrogen (secondary N) is 3. The molecule has 0 unspecified atom stereocenters. The fourth-order valence-electron chi connectivity index (χ4n) is 4.58. The summed E-state index contributed by atoms with van der Waals surface area (Å²) < 4.78 is 40.8. The maximum atomic E-state index is 13.0. The molecule has 0 atom stereocenters. The van der Waals surface area contributed by atoms with Crippen molar-refractivity contribution in [2.45, 2.75) is 32.1 Å². The number of rotatable bonds is 8. The lowest BCUT2D eigenvalue weighted by Crippen LogP contribution is -2.28. The quantitative estimate of drug-likeness (QED) is 0.264. The van der Waals surface area contributed by atoms with E-state index in [0.29, 0.717) is 54.5 Å². The van der Waals surface area contributed by atoms with Gasteiger partial charge < -0.3 is 25.1 Å². The zero-order valence-electron chi connectivity index (χ0n) is 20.7. The van der Waals surface area contributed by atoms with Crippen molar-refractivity contribution >= 4 is 45.6 Å². The van der Waals surface area contributed by atoms with E-state index >= 15 is 0 Å². The summed E-state index contributed by atoms with van der Waals surface area (Å²) in [7, 11) is 0. The zero-order chi connectivity index (χ0) is 27.0. The molecule has 1 saturated heterocycles. The first-order chi connectivity index (χ1) is 18.8. The van der Waals surface area contributed by atoms with Gasteiger partial charge in [-0.1, -0.05) is 12.1 Å². The minimum atomic E-state index is -4.43. The molecule has 39 heavy (non-hydrogen) atoms. The van der Waals surface area contributed by atoms with Crippen molar-refractivity contribution in [3.63, 3.8) is 0 Å². The fourth-order valence-corrected chi connectivity index (χ4v) is 4.58. The summed E-state index contributed by atoms with van der Waals surface area (Å²) in [6.45, 7) is 2.07. The van der Waals surface area contributed by atoms with Gasteiger partial charge >= 0.3 is 6.18 Å². The van der Waals surface area contributed by atoms with Gasteiger partial charge in [-0.15, -0.1) is 0 Å². The van der Waals surface area contributed by atoms with Crippen LogP contribution < -0.4 is 10.6 Å². The highest BCUT2D eigenvalue weighted by molar-refractivity contribution is 5.85. The lowest BCUT2D eigenvalue weighted by molar-refractivity contribution is -0.137. The van der Waals surface area contributed by atoms with E-state index in [0.717, 1.165) is 36.1 Å². The molecule has 3 aromatic heterocycles. The summed E-state index contributed by atoms with van der Waals surface area (Å²) in [6.07, 6.45) is -1.37. The lowest BCUT2D eigenvalue weighted by atomic mass is 10.2. The Bertz CT molecular complexity index is 1610. The van der Waals surface area contributed by atoms with Crippen molar-refractivity contribution in [2.24, 2.45) is 0 Å². The number of likely N-dealkylation sites (tertiary alicyclic amines) is 1. The molecular weight excluding hydrogens is 511 g/mol. The molecule has 6 rings (SSSR count). The van der Waals surface area contributed by atoms with Crippen molar-refractivity contribution in [3.05, 3.63) is 66.2 Å². The molecule has 1 aliphatic rings. The third-order valence-electron chi connectivity index (χ3n) is 6.58. The Morgan fingerprint density at radius 1 is 1.00 bits per heavy atom. The van der Waals surface area contributed by atoms with E-state index in [1.165, 1.54) is 12.1 Å². The predicted octanol–water partition coefficient (Wildman–Crippen LogP) is 4.70. The van der Waals surface area contributed by atoms with Gasteiger partial charge in [0.2, 0.25) is 11.9 Å². The van der Waals surface area contributed by atoms with Gasteiger partial charge in [0, 0.05) is 31.7 Å². The molecule has 0 aliphatic carbocycles. The number of nitrogens with zero attached hydrogens (tertiary/aromatic N) is 6. The van der Waals surface area contributed by atoms with E-state index in [9.17, 15) is 18.0 Å². The van der Waals surface area contributed by atoms with Gasteiger partial charge in [0.15, 0.2) is 17.0 Å². The number of hydrogen-bond acceptors (Lipinski definition) is 7. The van der Waals surface area contributed by atoms with E-state index in [1.54, 1.807) is 6.33 Å². The Balaban J connectivity index is 1.29. The summed E-state index contributed by atoms with van der Waals surface area (Å²) in [5, 5.41) is 6.26. The van der Waals surface area contributed by atoms with Gasteiger partial charge in [0.1, 0.15) is 5.82 Å². The second-order valence-corrected chi connectivity index (χ2v) is 9.24. The number of para-hydroxylation sites is 2. The maximum Gasteiger partial charge on any atom is 0.416 e. The molecule has 2 aromatic carbocycles. The molecule has 0 spiro atoms. The SMILES string of the molecule is O=C1CCCN1CCn1cnc2c(NCc3nc4ccccc4[nH]3)nc(Nc3ccc(C(F)(F)F)cc3)nc21.